The van der Waals surface area contributed by atoms with Crippen molar-refractivity contribution in [2.75, 3.05) is 44.2 Å². The molecule has 3 heterocycles. The normalized spacial score (nSPS) is 18.9. The number of piperidine rings is 1. The minimum Gasteiger partial charge on any atom is -0.343 e. The number of aromatic nitrogens is 2. The molecule has 0 N–H and O–H groups in total. The summed E-state index contributed by atoms with van der Waals surface area (Å²) in [5.41, 5.74) is 0. The van der Waals surface area contributed by atoms with E-state index >= 15 is 0 Å². The molecule has 0 aliphatic carbocycles. The van der Waals surface area contributed by atoms with Gasteiger partial charge in [-0.05, 0) is 25.3 Å². The van der Waals surface area contributed by atoms with Gasteiger partial charge in [0.1, 0.15) is 0 Å². The first-order valence-corrected chi connectivity index (χ1v) is 9.77. The number of rotatable bonds is 5. The van der Waals surface area contributed by atoms with E-state index in [9.17, 15) is 9.59 Å². The molecule has 0 unspecified atom stereocenters. The fourth-order valence-electron chi connectivity index (χ4n) is 3.70. The van der Waals surface area contributed by atoms with E-state index < -0.39 is 0 Å². The molecule has 2 fully saturated rings. The summed E-state index contributed by atoms with van der Waals surface area (Å²) < 4.78 is 0. The lowest BCUT2D eigenvalue weighted by atomic mass is 9.94. The second-order valence-electron chi connectivity index (χ2n) is 7.12. The van der Waals surface area contributed by atoms with Gasteiger partial charge < -0.3 is 14.7 Å². The number of hydrogen-bond acceptors (Lipinski definition) is 5. The highest BCUT2D eigenvalue weighted by molar-refractivity contribution is 5.80. The first kappa shape index (κ1) is 18.6. The van der Waals surface area contributed by atoms with Gasteiger partial charge in [-0.1, -0.05) is 13.3 Å². The molecular formula is C19H29N5O2. The van der Waals surface area contributed by atoms with Gasteiger partial charge in [0.2, 0.25) is 17.8 Å². The minimum atomic E-state index is 0.0600. The van der Waals surface area contributed by atoms with E-state index in [1.165, 1.54) is 0 Å². The average Bonchev–Trinajstić information content (AvgIpc) is 2.72. The van der Waals surface area contributed by atoms with Crippen LogP contribution in [0.3, 0.4) is 0 Å². The Morgan fingerprint density at radius 3 is 2.27 bits per heavy atom. The van der Waals surface area contributed by atoms with Gasteiger partial charge >= 0.3 is 0 Å². The van der Waals surface area contributed by atoms with Crippen molar-refractivity contribution in [1.29, 1.82) is 0 Å². The Kier molecular flexibility index (Phi) is 6.41. The molecule has 0 bridgehead atoms. The maximum Gasteiger partial charge on any atom is 0.225 e. The summed E-state index contributed by atoms with van der Waals surface area (Å²) in [6.45, 7) is 6.50. The van der Waals surface area contributed by atoms with Crippen molar-refractivity contribution in [2.45, 2.75) is 39.0 Å². The molecule has 0 spiro atoms. The zero-order chi connectivity index (χ0) is 18.4. The van der Waals surface area contributed by atoms with E-state index in [2.05, 4.69) is 21.8 Å². The lowest BCUT2D eigenvalue weighted by Crippen LogP contribution is -2.52. The van der Waals surface area contributed by atoms with Gasteiger partial charge in [-0.25, -0.2) is 9.97 Å². The topological polar surface area (TPSA) is 69.6 Å². The molecule has 2 aliphatic heterocycles. The van der Waals surface area contributed by atoms with E-state index in [4.69, 9.17) is 0 Å². The van der Waals surface area contributed by atoms with Crippen LogP contribution in [0.25, 0.3) is 0 Å². The number of amides is 2. The van der Waals surface area contributed by atoms with E-state index in [1.807, 2.05) is 15.9 Å². The maximum absolute atomic E-state index is 12.8. The molecule has 7 nitrogen and oxygen atoms in total. The van der Waals surface area contributed by atoms with Crippen LogP contribution in [0.5, 0.6) is 0 Å². The molecule has 0 saturated carbocycles. The first-order valence-electron chi connectivity index (χ1n) is 9.77. The molecular weight excluding hydrogens is 330 g/mol. The lowest BCUT2D eigenvalue weighted by Gasteiger charge is -2.38. The highest BCUT2D eigenvalue weighted by atomic mass is 16.2. The van der Waals surface area contributed by atoms with E-state index in [-0.39, 0.29) is 17.7 Å². The fraction of sp³-hybridized carbons (Fsp3) is 0.684. The summed E-state index contributed by atoms with van der Waals surface area (Å²) in [7, 11) is 0. The molecule has 2 aliphatic rings. The van der Waals surface area contributed by atoms with Crippen molar-refractivity contribution in [2.24, 2.45) is 5.92 Å². The van der Waals surface area contributed by atoms with E-state index in [0.29, 0.717) is 19.5 Å². The zero-order valence-corrected chi connectivity index (χ0v) is 15.6. The van der Waals surface area contributed by atoms with Crippen LogP contribution in [-0.4, -0.2) is 70.9 Å². The van der Waals surface area contributed by atoms with Gasteiger partial charge in [-0.3, -0.25) is 9.59 Å². The molecule has 3 rings (SSSR count). The van der Waals surface area contributed by atoms with Crippen LogP contribution >= 0.6 is 0 Å². The van der Waals surface area contributed by atoms with Gasteiger partial charge in [0, 0.05) is 64.0 Å². The number of nitrogens with zero attached hydrogens (tertiary/aromatic N) is 5. The largest absolute Gasteiger partial charge is 0.343 e. The number of carbonyl (C=O) groups is 2. The summed E-state index contributed by atoms with van der Waals surface area (Å²) in [4.78, 5) is 39.5. The van der Waals surface area contributed by atoms with E-state index in [0.717, 1.165) is 57.8 Å². The van der Waals surface area contributed by atoms with Gasteiger partial charge in [-0.15, -0.1) is 0 Å². The Morgan fingerprint density at radius 2 is 1.65 bits per heavy atom. The third kappa shape index (κ3) is 4.51. The van der Waals surface area contributed by atoms with Crippen molar-refractivity contribution < 1.29 is 9.59 Å². The molecule has 7 heteroatoms. The predicted molar refractivity (Wildman–Crippen MR) is 99.7 cm³/mol. The molecule has 142 valence electrons. The highest BCUT2D eigenvalue weighted by Crippen LogP contribution is 2.22. The Bertz CT molecular complexity index is 593. The monoisotopic (exact) mass is 359 g/mol. The summed E-state index contributed by atoms with van der Waals surface area (Å²) in [5, 5.41) is 0. The van der Waals surface area contributed by atoms with E-state index in [1.54, 1.807) is 12.4 Å². The van der Waals surface area contributed by atoms with Crippen molar-refractivity contribution in [3.05, 3.63) is 18.5 Å². The first-order chi connectivity index (χ1) is 12.7. The Morgan fingerprint density at radius 1 is 1.00 bits per heavy atom. The fourth-order valence-corrected chi connectivity index (χ4v) is 3.70. The molecule has 0 aromatic carbocycles. The maximum atomic E-state index is 12.8. The van der Waals surface area contributed by atoms with Crippen LogP contribution in [-0.2, 0) is 9.59 Å². The summed E-state index contributed by atoms with van der Waals surface area (Å²) in [6, 6.07) is 1.81. The Balaban J connectivity index is 1.44. The third-order valence-corrected chi connectivity index (χ3v) is 5.37. The van der Waals surface area contributed by atoms with Gasteiger partial charge in [0.25, 0.3) is 0 Å². The second kappa shape index (κ2) is 8.96. The number of hydrogen-bond donors (Lipinski definition) is 0. The van der Waals surface area contributed by atoms with Gasteiger partial charge in [-0.2, -0.15) is 0 Å². The quantitative estimate of drug-likeness (QED) is 0.798. The standard InChI is InChI=1S/C19H29N5O2/c1-2-3-5-17(25)22-10-6-16(7-11-22)18(26)23-12-14-24(15-13-23)19-20-8-4-9-21-19/h4,8-9,16H,2-3,5-7,10-15H2,1H3. The summed E-state index contributed by atoms with van der Waals surface area (Å²) in [6.07, 6.45) is 7.70. The SMILES string of the molecule is CCCCC(=O)N1CCC(C(=O)N2CCN(c3ncccn3)CC2)CC1. The highest BCUT2D eigenvalue weighted by Gasteiger charge is 2.31. The Labute approximate surface area is 155 Å². The van der Waals surface area contributed by atoms with Crippen LogP contribution in [0.2, 0.25) is 0 Å². The molecule has 2 saturated heterocycles. The molecule has 0 atom stereocenters. The predicted octanol–water partition coefficient (Wildman–Crippen LogP) is 1.55. The Hall–Kier alpha value is -2.18. The second-order valence-corrected chi connectivity index (χ2v) is 7.12. The number of likely N-dealkylation sites (tertiary alicyclic amines) is 1. The summed E-state index contributed by atoms with van der Waals surface area (Å²) >= 11 is 0. The van der Waals surface area contributed by atoms with Crippen LogP contribution in [0.4, 0.5) is 5.95 Å². The van der Waals surface area contributed by atoms with Crippen molar-refractivity contribution in [3.63, 3.8) is 0 Å². The number of anilines is 1. The van der Waals surface area contributed by atoms with Crippen LogP contribution in [0, 0.1) is 5.92 Å². The van der Waals surface area contributed by atoms with Crippen molar-refractivity contribution in [1.82, 2.24) is 19.8 Å². The number of piperazine rings is 1. The van der Waals surface area contributed by atoms with Crippen molar-refractivity contribution >= 4 is 17.8 Å². The van der Waals surface area contributed by atoms with Crippen LogP contribution in [0.1, 0.15) is 39.0 Å². The molecule has 0 radical (unpaired) electrons. The minimum absolute atomic E-state index is 0.0600. The molecule has 2 amide bonds. The summed E-state index contributed by atoms with van der Waals surface area (Å²) in [5.74, 6) is 1.29. The molecule has 1 aromatic rings. The van der Waals surface area contributed by atoms with Gasteiger partial charge in [0.05, 0.1) is 0 Å². The van der Waals surface area contributed by atoms with Gasteiger partial charge in [0.15, 0.2) is 0 Å². The zero-order valence-electron chi connectivity index (χ0n) is 15.6. The average molecular weight is 359 g/mol. The number of unbranched alkanes of at least 4 members (excludes halogenated alkanes) is 1. The molecule has 26 heavy (non-hydrogen) atoms. The smallest absolute Gasteiger partial charge is 0.225 e. The van der Waals surface area contributed by atoms with Crippen LogP contribution < -0.4 is 4.90 Å². The lowest BCUT2D eigenvalue weighted by molar-refractivity contribution is -0.141. The van der Waals surface area contributed by atoms with Crippen LogP contribution in [0.15, 0.2) is 18.5 Å². The van der Waals surface area contributed by atoms with Crippen molar-refractivity contribution in [3.8, 4) is 0 Å². The third-order valence-electron chi connectivity index (χ3n) is 5.37. The number of carbonyl (C=O) groups excluding carboxylic acids is 2. The molecule has 1 aromatic heterocycles.